The molecule has 0 saturated heterocycles. The fraction of sp³-hybridized carbons (Fsp3) is 0.562. The van der Waals surface area contributed by atoms with Gasteiger partial charge in [0, 0.05) is 11.3 Å². The van der Waals surface area contributed by atoms with E-state index in [1.165, 1.54) is 5.56 Å². The lowest BCUT2D eigenvalue weighted by atomic mass is 10.0. The van der Waals surface area contributed by atoms with Gasteiger partial charge in [-0.2, -0.15) is 11.8 Å². The molecule has 1 aromatic rings. The largest absolute Gasteiger partial charge is 0.353 e. The third kappa shape index (κ3) is 5.53. The van der Waals surface area contributed by atoms with Crippen molar-refractivity contribution in [3.63, 3.8) is 0 Å². The molecule has 1 amide bonds. The standard InChI is InChI=1S/C16H26N2OS.ClH/c1-5-16(6-2,20-4)11-18-15(19)14(17)13-9-7-12(3)8-10-13;/h7-10,14H,5-6,11,17H2,1-4H3,(H,18,19);1H. The SMILES string of the molecule is CCC(CC)(CNC(=O)C(N)c1ccc(C)cc1)SC.Cl. The number of aryl methyl sites for hydroxylation is 1. The average molecular weight is 331 g/mol. The highest BCUT2D eigenvalue weighted by Crippen LogP contribution is 2.29. The minimum atomic E-state index is -0.594. The molecule has 1 rings (SSSR count). The predicted octanol–water partition coefficient (Wildman–Crippen LogP) is 3.45. The van der Waals surface area contributed by atoms with Crippen LogP contribution in [0.4, 0.5) is 0 Å². The van der Waals surface area contributed by atoms with Crippen LogP contribution < -0.4 is 11.1 Å². The molecular formula is C16H27ClN2OS. The number of rotatable bonds is 7. The molecule has 0 bridgehead atoms. The lowest BCUT2D eigenvalue weighted by molar-refractivity contribution is -0.122. The smallest absolute Gasteiger partial charge is 0.241 e. The first-order valence-corrected chi connectivity index (χ1v) is 8.35. The molecule has 21 heavy (non-hydrogen) atoms. The molecular weight excluding hydrogens is 304 g/mol. The lowest BCUT2D eigenvalue weighted by Crippen LogP contribution is -2.43. The Morgan fingerprint density at radius 1 is 1.29 bits per heavy atom. The van der Waals surface area contributed by atoms with Crippen molar-refractivity contribution in [1.82, 2.24) is 5.32 Å². The maximum absolute atomic E-state index is 12.2. The number of hydrogen-bond acceptors (Lipinski definition) is 3. The Kier molecular flexibility index (Phi) is 9.02. The van der Waals surface area contributed by atoms with Crippen molar-refractivity contribution in [2.24, 2.45) is 5.73 Å². The number of benzene rings is 1. The van der Waals surface area contributed by atoms with Crippen molar-refractivity contribution in [3.8, 4) is 0 Å². The second-order valence-corrected chi connectivity index (χ2v) is 6.47. The molecule has 120 valence electrons. The average Bonchev–Trinajstić information content (AvgIpc) is 2.49. The van der Waals surface area contributed by atoms with Gasteiger partial charge in [-0.1, -0.05) is 43.7 Å². The molecule has 0 saturated carbocycles. The van der Waals surface area contributed by atoms with Gasteiger partial charge < -0.3 is 11.1 Å². The van der Waals surface area contributed by atoms with E-state index in [9.17, 15) is 4.79 Å². The van der Waals surface area contributed by atoms with Gasteiger partial charge in [-0.05, 0) is 31.6 Å². The van der Waals surface area contributed by atoms with Gasteiger partial charge in [0.05, 0.1) is 0 Å². The molecule has 0 aliphatic carbocycles. The van der Waals surface area contributed by atoms with Gasteiger partial charge in [-0.3, -0.25) is 4.79 Å². The van der Waals surface area contributed by atoms with Crippen molar-refractivity contribution in [3.05, 3.63) is 35.4 Å². The van der Waals surface area contributed by atoms with Crippen molar-refractivity contribution >= 4 is 30.1 Å². The van der Waals surface area contributed by atoms with Crippen molar-refractivity contribution in [2.45, 2.75) is 44.4 Å². The van der Waals surface area contributed by atoms with Crippen LogP contribution in [0.2, 0.25) is 0 Å². The number of thioether (sulfide) groups is 1. The summed E-state index contributed by atoms with van der Waals surface area (Å²) in [5.41, 5.74) is 8.05. The minimum absolute atomic E-state index is 0. The van der Waals surface area contributed by atoms with Crippen LogP contribution in [0.25, 0.3) is 0 Å². The van der Waals surface area contributed by atoms with Crippen LogP contribution in [0.15, 0.2) is 24.3 Å². The normalized spacial score (nSPS) is 12.4. The highest BCUT2D eigenvalue weighted by molar-refractivity contribution is 8.00. The zero-order valence-electron chi connectivity index (χ0n) is 13.3. The fourth-order valence-corrected chi connectivity index (χ4v) is 2.94. The van der Waals surface area contributed by atoms with Crippen LogP contribution in [0, 0.1) is 6.92 Å². The van der Waals surface area contributed by atoms with E-state index in [4.69, 9.17) is 5.73 Å². The first-order valence-electron chi connectivity index (χ1n) is 7.13. The van der Waals surface area contributed by atoms with Gasteiger partial charge in [0.2, 0.25) is 5.91 Å². The van der Waals surface area contributed by atoms with Gasteiger partial charge in [0.25, 0.3) is 0 Å². The molecule has 3 nitrogen and oxygen atoms in total. The number of nitrogens with two attached hydrogens (primary N) is 1. The van der Waals surface area contributed by atoms with Crippen LogP contribution in [0.1, 0.15) is 43.9 Å². The maximum Gasteiger partial charge on any atom is 0.241 e. The van der Waals surface area contributed by atoms with Gasteiger partial charge in [-0.25, -0.2) is 0 Å². The molecule has 0 aromatic heterocycles. The first-order chi connectivity index (χ1) is 9.48. The summed E-state index contributed by atoms with van der Waals surface area (Å²) in [5, 5.41) is 3.00. The number of carbonyl (C=O) groups is 1. The van der Waals surface area contributed by atoms with Crippen LogP contribution in [-0.2, 0) is 4.79 Å². The zero-order valence-corrected chi connectivity index (χ0v) is 14.9. The number of hydrogen-bond donors (Lipinski definition) is 2. The Labute approximate surface area is 138 Å². The third-order valence-electron chi connectivity index (χ3n) is 4.03. The van der Waals surface area contributed by atoms with Crippen LogP contribution >= 0.6 is 24.2 Å². The van der Waals surface area contributed by atoms with E-state index < -0.39 is 6.04 Å². The van der Waals surface area contributed by atoms with Gasteiger partial charge in [-0.15, -0.1) is 12.4 Å². The molecule has 3 N–H and O–H groups in total. The number of amides is 1. The van der Waals surface area contributed by atoms with E-state index >= 15 is 0 Å². The Morgan fingerprint density at radius 2 is 1.81 bits per heavy atom. The topological polar surface area (TPSA) is 55.1 Å². The van der Waals surface area contributed by atoms with E-state index in [2.05, 4.69) is 25.4 Å². The summed E-state index contributed by atoms with van der Waals surface area (Å²) in [5.74, 6) is -0.103. The second kappa shape index (κ2) is 9.34. The molecule has 5 heteroatoms. The van der Waals surface area contributed by atoms with E-state index in [-0.39, 0.29) is 23.1 Å². The van der Waals surface area contributed by atoms with E-state index in [0.29, 0.717) is 6.54 Å². The second-order valence-electron chi connectivity index (χ2n) is 5.20. The minimum Gasteiger partial charge on any atom is -0.353 e. The number of halogens is 1. The first kappa shape index (κ1) is 20.3. The lowest BCUT2D eigenvalue weighted by Gasteiger charge is -2.30. The van der Waals surface area contributed by atoms with E-state index in [0.717, 1.165) is 18.4 Å². The van der Waals surface area contributed by atoms with Crippen LogP contribution in [0.3, 0.4) is 0 Å². The Morgan fingerprint density at radius 3 is 2.24 bits per heavy atom. The summed E-state index contributed by atoms with van der Waals surface area (Å²) in [7, 11) is 0. The summed E-state index contributed by atoms with van der Waals surface area (Å²) in [6.07, 6.45) is 4.16. The zero-order chi connectivity index (χ0) is 15.2. The summed E-state index contributed by atoms with van der Waals surface area (Å²) in [4.78, 5) is 12.2. The van der Waals surface area contributed by atoms with Gasteiger partial charge >= 0.3 is 0 Å². The van der Waals surface area contributed by atoms with E-state index in [1.807, 2.05) is 43.0 Å². The summed E-state index contributed by atoms with van der Waals surface area (Å²) >= 11 is 1.81. The van der Waals surface area contributed by atoms with Crippen molar-refractivity contribution in [1.29, 1.82) is 0 Å². The molecule has 0 aliphatic heterocycles. The third-order valence-corrected chi connectivity index (χ3v) is 5.61. The summed E-state index contributed by atoms with van der Waals surface area (Å²) in [6, 6.07) is 7.20. The van der Waals surface area contributed by atoms with Crippen LogP contribution in [0.5, 0.6) is 0 Å². The van der Waals surface area contributed by atoms with Crippen LogP contribution in [-0.4, -0.2) is 23.5 Å². The monoisotopic (exact) mass is 330 g/mol. The quantitative estimate of drug-likeness (QED) is 0.805. The van der Waals surface area contributed by atoms with Crippen molar-refractivity contribution in [2.75, 3.05) is 12.8 Å². The maximum atomic E-state index is 12.2. The molecule has 1 unspecified atom stereocenters. The molecule has 1 aromatic carbocycles. The number of carbonyl (C=O) groups excluding carboxylic acids is 1. The highest BCUT2D eigenvalue weighted by Gasteiger charge is 2.26. The molecule has 0 radical (unpaired) electrons. The number of nitrogens with one attached hydrogen (secondary N) is 1. The van der Waals surface area contributed by atoms with Gasteiger partial charge in [0.15, 0.2) is 0 Å². The summed E-state index contributed by atoms with van der Waals surface area (Å²) in [6.45, 7) is 7.00. The highest BCUT2D eigenvalue weighted by atomic mass is 35.5. The predicted molar refractivity (Wildman–Crippen MR) is 95.2 cm³/mol. The molecule has 0 aliphatic rings. The molecule has 0 fully saturated rings. The van der Waals surface area contributed by atoms with Gasteiger partial charge in [0.1, 0.15) is 6.04 Å². The van der Waals surface area contributed by atoms with Crippen molar-refractivity contribution < 1.29 is 4.79 Å². The Bertz CT molecular complexity index is 424. The summed E-state index contributed by atoms with van der Waals surface area (Å²) < 4.78 is 0.114. The Balaban J connectivity index is 0.00000400. The van der Waals surface area contributed by atoms with E-state index in [1.54, 1.807) is 0 Å². The molecule has 0 heterocycles. The fourth-order valence-electron chi connectivity index (χ4n) is 2.14. The Hall–Kier alpha value is -0.710. The molecule has 1 atom stereocenters. The molecule has 0 spiro atoms.